The van der Waals surface area contributed by atoms with Gasteiger partial charge in [0.25, 0.3) is 0 Å². The van der Waals surface area contributed by atoms with E-state index in [1.165, 1.54) is 0 Å². The van der Waals surface area contributed by atoms with Crippen molar-refractivity contribution in [1.29, 1.82) is 0 Å². The summed E-state index contributed by atoms with van der Waals surface area (Å²) in [6.45, 7) is 3.76. The lowest BCUT2D eigenvalue weighted by atomic mass is 10.2. The van der Waals surface area contributed by atoms with Crippen LogP contribution in [0.3, 0.4) is 0 Å². The van der Waals surface area contributed by atoms with E-state index in [1.54, 1.807) is 0 Å². The van der Waals surface area contributed by atoms with Gasteiger partial charge >= 0.3 is 0 Å². The van der Waals surface area contributed by atoms with E-state index >= 15 is 0 Å². The highest BCUT2D eigenvalue weighted by Gasteiger charge is 2.13. The summed E-state index contributed by atoms with van der Waals surface area (Å²) in [6, 6.07) is 8.00. The number of benzene rings is 1. The fourth-order valence-electron chi connectivity index (χ4n) is 1.63. The minimum Gasteiger partial charge on any atom is -0.460 e. The van der Waals surface area contributed by atoms with Gasteiger partial charge in [0.05, 0.1) is 6.54 Å². The maximum atomic E-state index is 5.84. The van der Waals surface area contributed by atoms with Crippen molar-refractivity contribution in [2.24, 2.45) is 0 Å². The van der Waals surface area contributed by atoms with E-state index in [2.05, 4.69) is 60.0 Å². The minimum absolute atomic E-state index is 0.752. The van der Waals surface area contributed by atoms with Crippen LogP contribution < -0.4 is 5.32 Å². The summed E-state index contributed by atoms with van der Waals surface area (Å²) < 4.78 is 8.84. The van der Waals surface area contributed by atoms with Crippen LogP contribution in [0.15, 0.2) is 42.1 Å². The number of halogens is 3. The highest BCUT2D eigenvalue weighted by molar-refractivity contribution is 9.11. The molecule has 0 fully saturated rings. The number of rotatable bonds is 4. The largest absolute Gasteiger partial charge is 0.460 e. The third-order valence-electron chi connectivity index (χ3n) is 2.46. The van der Waals surface area contributed by atoms with Crippen LogP contribution in [-0.2, 0) is 6.54 Å². The molecule has 18 heavy (non-hydrogen) atoms. The Kier molecular flexibility index (Phi) is 5.06. The first-order valence-corrected chi connectivity index (χ1v) is 7.94. The Morgan fingerprint density at radius 3 is 2.39 bits per heavy atom. The van der Waals surface area contributed by atoms with E-state index in [1.807, 2.05) is 24.3 Å². The molecular formula is C13H12Br3NO. The standard InChI is InChI=1S/C13H12Br3NO/c1-2-17-7-9-3-4-12(18-9)13-10(15)5-8(14)6-11(13)16/h3-6,17H,2,7H2,1H3. The van der Waals surface area contributed by atoms with Crippen molar-refractivity contribution in [3.63, 3.8) is 0 Å². The summed E-state index contributed by atoms with van der Waals surface area (Å²) in [6.07, 6.45) is 0. The van der Waals surface area contributed by atoms with Crippen molar-refractivity contribution in [2.45, 2.75) is 13.5 Å². The van der Waals surface area contributed by atoms with E-state index in [4.69, 9.17) is 4.42 Å². The van der Waals surface area contributed by atoms with Gasteiger partial charge in [0.1, 0.15) is 11.5 Å². The van der Waals surface area contributed by atoms with Crippen LogP contribution in [0.25, 0.3) is 11.3 Å². The van der Waals surface area contributed by atoms with Gasteiger partial charge < -0.3 is 9.73 Å². The molecule has 2 rings (SSSR count). The van der Waals surface area contributed by atoms with Crippen LogP contribution in [-0.4, -0.2) is 6.54 Å². The second-order valence-corrected chi connectivity index (χ2v) is 6.42. The van der Waals surface area contributed by atoms with E-state index in [0.717, 1.165) is 43.6 Å². The van der Waals surface area contributed by atoms with Crippen molar-refractivity contribution in [1.82, 2.24) is 5.32 Å². The fourth-order valence-corrected chi connectivity index (χ4v) is 4.28. The molecule has 2 aromatic rings. The van der Waals surface area contributed by atoms with E-state index < -0.39 is 0 Å². The van der Waals surface area contributed by atoms with Gasteiger partial charge in [-0.1, -0.05) is 22.9 Å². The lowest BCUT2D eigenvalue weighted by Crippen LogP contribution is -2.10. The van der Waals surface area contributed by atoms with Crippen molar-refractivity contribution in [3.8, 4) is 11.3 Å². The van der Waals surface area contributed by atoms with Gasteiger partial charge in [-0.05, 0) is 62.7 Å². The summed E-state index contributed by atoms with van der Waals surface area (Å²) in [5.74, 6) is 1.79. The highest BCUT2D eigenvalue weighted by Crippen LogP contribution is 2.38. The molecule has 0 unspecified atom stereocenters. The lowest BCUT2D eigenvalue weighted by Gasteiger charge is -2.05. The fraction of sp³-hybridized carbons (Fsp3) is 0.231. The summed E-state index contributed by atoms with van der Waals surface area (Å²) in [5, 5.41) is 3.24. The Morgan fingerprint density at radius 1 is 1.11 bits per heavy atom. The number of nitrogens with one attached hydrogen (secondary N) is 1. The van der Waals surface area contributed by atoms with E-state index in [9.17, 15) is 0 Å². The number of hydrogen-bond donors (Lipinski definition) is 1. The van der Waals surface area contributed by atoms with Gasteiger partial charge in [-0.2, -0.15) is 0 Å². The van der Waals surface area contributed by atoms with Crippen molar-refractivity contribution in [3.05, 3.63) is 43.4 Å². The predicted octanol–water partition coefficient (Wildman–Crippen LogP) is 5.34. The molecule has 2 nitrogen and oxygen atoms in total. The molecule has 5 heteroatoms. The average Bonchev–Trinajstić information content (AvgIpc) is 2.73. The van der Waals surface area contributed by atoms with Crippen LogP contribution in [0, 0.1) is 0 Å². The van der Waals surface area contributed by atoms with Gasteiger partial charge in [-0.15, -0.1) is 0 Å². The van der Waals surface area contributed by atoms with Crippen LogP contribution in [0.5, 0.6) is 0 Å². The Balaban J connectivity index is 2.34. The van der Waals surface area contributed by atoms with E-state index in [-0.39, 0.29) is 0 Å². The second kappa shape index (κ2) is 6.37. The first-order valence-electron chi connectivity index (χ1n) is 5.56. The molecule has 96 valence electrons. The number of furan rings is 1. The molecule has 1 aromatic carbocycles. The topological polar surface area (TPSA) is 25.2 Å². The minimum atomic E-state index is 0.752. The summed E-state index contributed by atoms with van der Waals surface area (Å²) in [4.78, 5) is 0. The molecule has 1 heterocycles. The summed E-state index contributed by atoms with van der Waals surface area (Å²) in [5.41, 5.74) is 1.03. The zero-order valence-corrected chi connectivity index (χ0v) is 14.5. The smallest absolute Gasteiger partial charge is 0.136 e. The second-order valence-electron chi connectivity index (χ2n) is 3.79. The lowest BCUT2D eigenvalue weighted by molar-refractivity contribution is 0.498. The Hall–Kier alpha value is -0.100. The zero-order chi connectivity index (χ0) is 13.1. The molecule has 0 aliphatic carbocycles. The maximum Gasteiger partial charge on any atom is 0.136 e. The third-order valence-corrected chi connectivity index (χ3v) is 4.17. The third kappa shape index (κ3) is 3.26. The van der Waals surface area contributed by atoms with Crippen LogP contribution in [0.4, 0.5) is 0 Å². The Morgan fingerprint density at radius 2 is 1.78 bits per heavy atom. The quantitative estimate of drug-likeness (QED) is 0.698. The molecule has 0 amide bonds. The van der Waals surface area contributed by atoms with Gasteiger partial charge in [-0.3, -0.25) is 0 Å². The first kappa shape index (κ1) is 14.3. The maximum absolute atomic E-state index is 5.84. The van der Waals surface area contributed by atoms with Gasteiger partial charge in [0.2, 0.25) is 0 Å². The first-order chi connectivity index (χ1) is 8.61. The monoisotopic (exact) mass is 435 g/mol. The van der Waals surface area contributed by atoms with Gasteiger partial charge in [0, 0.05) is 19.0 Å². The molecule has 0 radical (unpaired) electrons. The SMILES string of the molecule is CCNCc1ccc(-c2c(Br)cc(Br)cc2Br)o1. The molecular weight excluding hydrogens is 426 g/mol. The van der Waals surface area contributed by atoms with Gasteiger partial charge in [0.15, 0.2) is 0 Å². The van der Waals surface area contributed by atoms with Crippen LogP contribution in [0.2, 0.25) is 0 Å². The summed E-state index contributed by atoms with van der Waals surface area (Å²) in [7, 11) is 0. The molecule has 0 saturated heterocycles. The molecule has 0 saturated carbocycles. The molecule has 0 bridgehead atoms. The molecule has 0 spiro atoms. The molecule has 0 aliphatic rings. The Bertz CT molecular complexity index is 528. The van der Waals surface area contributed by atoms with Gasteiger partial charge in [-0.25, -0.2) is 0 Å². The van der Waals surface area contributed by atoms with Crippen LogP contribution >= 0.6 is 47.8 Å². The van der Waals surface area contributed by atoms with Crippen molar-refractivity contribution >= 4 is 47.8 Å². The average molecular weight is 438 g/mol. The molecule has 1 N–H and O–H groups in total. The summed E-state index contributed by atoms with van der Waals surface area (Å²) >= 11 is 10.6. The Labute approximate surface area is 132 Å². The number of hydrogen-bond acceptors (Lipinski definition) is 2. The van der Waals surface area contributed by atoms with Crippen molar-refractivity contribution in [2.75, 3.05) is 6.54 Å². The predicted molar refractivity (Wildman–Crippen MR) is 84.6 cm³/mol. The molecule has 1 aromatic heterocycles. The molecule has 0 aliphatic heterocycles. The van der Waals surface area contributed by atoms with Crippen molar-refractivity contribution < 1.29 is 4.42 Å². The highest BCUT2D eigenvalue weighted by atomic mass is 79.9. The van der Waals surface area contributed by atoms with Crippen LogP contribution in [0.1, 0.15) is 12.7 Å². The molecule has 0 atom stereocenters. The van der Waals surface area contributed by atoms with E-state index in [0.29, 0.717) is 0 Å². The zero-order valence-electron chi connectivity index (χ0n) is 9.77. The normalized spacial score (nSPS) is 10.9.